The topological polar surface area (TPSA) is 40.6 Å². The smallest absolute Gasteiger partial charge is 0.249 e. The molecule has 1 aromatic rings. The van der Waals surface area contributed by atoms with Crippen molar-refractivity contribution in [3.63, 3.8) is 0 Å². The summed E-state index contributed by atoms with van der Waals surface area (Å²) in [7, 11) is 0. The number of carbonyl (C=O) groups excluding carboxylic acids is 2. The number of amides is 2. The number of aryl methyl sites for hydroxylation is 1. The molecule has 3 rings (SSSR count). The molecule has 1 aromatic carbocycles. The second kappa shape index (κ2) is 5.20. The van der Waals surface area contributed by atoms with Crippen molar-refractivity contribution in [2.75, 3.05) is 18.0 Å². The molecule has 0 aromatic heterocycles. The summed E-state index contributed by atoms with van der Waals surface area (Å²) >= 11 is 3.56. The van der Waals surface area contributed by atoms with Gasteiger partial charge in [-0.2, -0.15) is 0 Å². The van der Waals surface area contributed by atoms with Gasteiger partial charge in [0.05, 0.1) is 5.69 Å². The van der Waals surface area contributed by atoms with Gasteiger partial charge in [-0.05, 0) is 47.3 Å². The van der Waals surface area contributed by atoms with Crippen molar-refractivity contribution < 1.29 is 9.59 Å². The molecule has 0 spiro atoms. The molecular weight excluding hydrogens is 320 g/mol. The summed E-state index contributed by atoms with van der Waals surface area (Å²) in [6.07, 6.45) is 2.11. The predicted molar refractivity (Wildman–Crippen MR) is 80.6 cm³/mol. The van der Waals surface area contributed by atoms with Crippen LogP contribution in [0.2, 0.25) is 0 Å². The van der Waals surface area contributed by atoms with Gasteiger partial charge in [-0.1, -0.05) is 12.1 Å². The summed E-state index contributed by atoms with van der Waals surface area (Å²) < 4.78 is 0.937. The first-order valence-corrected chi connectivity index (χ1v) is 7.75. The van der Waals surface area contributed by atoms with Gasteiger partial charge in [0, 0.05) is 24.0 Å². The SMILES string of the molecule is Cc1cccc(N2CCC(=O)N3CCCC3C2=O)c1Br. The van der Waals surface area contributed by atoms with Crippen LogP contribution in [0.4, 0.5) is 5.69 Å². The van der Waals surface area contributed by atoms with Crippen LogP contribution in [0.25, 0.3) is 0 Å². The van der Waals surface area contributed by atoms with Crippen LogP contribution in [0.1, 0.15) is 24.8 Å². The van der Waals surface area contributed by atoms with Crippen LogP contribution in [0, 0.1) is 6.92 Å². The number of anilines is 1. The molecule has 106 valence electrons. The van der Waals surface area contributed by atoms with Crippen molar-refractivity contribution in [1.29, 1.82) is 0 Å². The lowest BCUT2D eigenvalue weighted by Gasteiger charge is -2.26. The van der Waals surface area contributed by atoms with Crippen molar-refractivity contribution in [2.24, 2.45) is 0 Å². The Kier molecular flexibility index (Phi) is 3.54. The van der Waals surface area contributed by atoms with Crippen LogP contribution in [0.15, 0.2) is 22.7 Å². The summed E-state index contributed by atoms with van der Waals surface area (Å²) in [6.45, 7) is 3.19. The minimum absolute atomic E-state index is 0.0552. The van der Waals surface area contributed by atoms with Crippen molar-refractivity contribution in [1.82, 2.24) is 4.90 Å². The van der Waals surface area contributed by atoms with E-state index < -0.39 is 0 Å². The minimum Gasteiger partial charge on any atom is -0.331 e. The molecule has 0 N–H and O–H groups in total. The lowest BCUT2D eigenvalue weighted by atomic mass is 10.1. The van der Waals surface area contributed by atoms with E-state index in [4.69, 9.17) is 0 Å². The molecule has 2 aliphatic heterocycles. The molecule has 2 amide bonds. The third kappa shape index (κ3) is 2.14. The Bertz CT molecular complexity index is 573. The fourth-order valence-corrected chi connectivity index (χ4v) is 3.52. The quantitative estimate of drug-likeness (QED) is 0.790. The largest absolute Gasteiger partial charge is 0.331 e. The zero-order valence-electron chi connectivity index (χ0n) is 11.4. The van der Waals surface area contributed by atoms with E-state index in [1.165, 1.54) is 0 Å². The second-order valence-electron chi connectivity index (χ2n) is 5.39. The maximum atomic E-state index is 12.7. The molecule has 20 heavy (non-hydrogen) atoms. The molecule has 0 radical (unpaired) electrons. The summed E-state index contributed by atoms with van der Waals surface area (Å²) in [5, 5.41) is 0. The first-order chi connectivity index (χ1) is 9.59. The highest BCUT2D eigenvalue weighted by Crippen LogP contribution is 2.33. The number of halogens is 1. The number of hydrogen-bond donors (Lipinski definition) is 0. The highest BCUT2D eigenvalue weighted by molar-refractivity contribution is 9.10. The lowest BCUT2D eigenvalue weighted by Crippen LogP contribution is -2.43. The van der Waals surface area contributed by atoms with Crippen molar-refractivity contribution >= 4 is 33.4 Å². The van der Waals surface area contributed by atoms with Crippen LogP contribution in [-0.2, 0) is 9.59 Å². The van der Waals surface area contributed by atoms with Gasteiger partial charge in [-0.15, -0.1) is 0 Å². The van der Waals surface area contributed by atoms with Gasteiger partial charge < -0.3 is 9.80 Å². The summed E-state index contributed by atoms with van der Waals surface area (Å²) in [6, 6.07) is 5.62. The van der Waals surface area contributed by atoms with Crippen LogP contribution < -0.4 is 4.90 Å². The fourth-order valence-electron chi connectivity index (χ4n) is 3.04. The third-order valence-electron chi connectivity index (χ3n) is 4.14. The van der Waals surface area contributed by atoms with E-state index >= 15 is 0 Å². The van der Waals surface area contributed by atoms with Crippen LogP contribution in [0.3, 0.4) is 0 Å². The van der Waals surface area contributed by atoms with Crippen LogP contribution in [0.5, 0.6) is 0 Å². The Morgan fingerprint density at radius 3 is 2.85 bits per heavy atom. The monoisotopic (exact) mass is 336 g/mol. The zero-order valence-corrected chi connectivity index (χ0v) is 13.0. The molecule has 5 heteroatoms. The lowest BCUT2D eigenvalue weighted by molar-refractivity contribution is -0.135. The third-order valence-corrected chi connectivity index (χ3v) is 5.17. The standard InChI is InChI=1S/C15H17BrN2O2/c1-10-4-2-5-11(14(10)16)18-9-7-13(19)17-8-3-6-12(17)15(18)20/h2,4-5,12H,3,6-9H2,1H3. The van der Waals surface area contributed by atoms with Gasteiger partial charge in [0.25, 0.3) is 0 Å². The Labute approximate surface area is 126 Å². The first kappa shape index (κ1) is 13.6. The Hall–Kier alpha value is -1.36. The molecule has 2 heterocycles. The molecule has 2 saturated heterocycles. The molecular formula is C15H17BrN2O2. The van der Waals surface area contributed by atoms with Gasteiger partial charge in [0.2, 0.25) is 11.8 Å². The van der Waals surface area contributed by atoms with Crippen LogP contribution in [-0.4, -0.2) is 35.8 Å². The average molecular weight is 337 g/mol. The average Bonchev–Trinajstić information content (AvgIpc) is 2.88. The van der Waals surface area contributed by atoms with Crippen molar-refractivity contribution in [2.45, 2.75) is 32.2 Å². The maximum Gasteiger partial charge on any atom is 0.249 e. The number of hydrogen-bond acceptors (Lipinski definition) is 2. The second-order valence-corrected chi connectivity index (χ2v) is 6.19. The molecule has 2 fully saturated rings. The van der Waals surface area contributed by atoms with E-state index in [2.05, 4.69) is 15.9 Å². The van der Waals surface area contributed by atoms with Gasteiger partial charge in [-0.3, -0.25) is 9.59 Å². The van der Waals surface area contributed by atoms with Crippen molar-refractivity contribution in [3.05, 3.63) is 28.2 Å². The summed E-state index contributed by atoms with van der Waals surface area (Å²) in [5.41, 5.74) is 1.96. The zero-order chi connectivity index (χ0) is 14.3. The normalized spacial score (nSPS) is 23.0. The molecule has 1 unspecified atom stereocenters. The molecule has 4 nitrogen and oxygen atoms in total. The van der Waals surface area contributed by atoms with Crippen LogP contribution >= 0.6 is 15.9 Å². The Morgan fingerprint density at radius 1 is 1.25 bits per heavy atom. The Balaban J connectivity index is 1.99. The number of benzene rings is 1. The summed E-state index contributed by atoms with van der Waals surface area (Å²) in [4.78, 5) is 28.4. The van der Waals surface area contributed by atoms with Gasteiger partial charge >= 0.3 is 0 Å². The Morgan fingerprint density at radius 2 is 2.05 bits per heavy atom. The number of fused-ring (bicyclic) bond motifs is 1. The van der Waals surface area contributed by atoms with Crippen molar-refractivity contribution in [3.8, 4) is 0 Å². The first-order valence-electron chi connectivity index (χ1n) is 6.95. The van der Waals surface area contributed by atoms with E-state index in [0.29, 0.717) is 13.0 Å². The van der Waals surface area contributed by atoms with Gasteiger partial charge in [0.15, 0.2) is 0 Å². The maximum absolute atomic E-state index is 12.7. The molecule has 0 bridgehead atoms. The van der Waals surface area contributed by atoms with Gasteiger partial charge in [0.1, 0.15) is 6.04 Å². The van der Waals surface area contributed by atoms with E-state index in [9.17, 15) is 9.59 Å². The van der Waals surface area contributed by atoms with E-state index in [1.807, 2.05) is 25.1 Å². The van der Waals surface area contributed by atoms with E-state index in [-0.39, 0.29) is 17.9 Å². The van der Waals surface area contributed by atoms with Gasteiger partial charge in [-0.25, -0.2) is 0 Å². The van der Waals surface area contributed by atoms with E-state index in [0.717, 1.165) is 35.1 Å². The number of nitrogens with zero attached hydrogens (tertiary/aromatic N) is 2. The molecule has 1 atom stereocenters. The highest BCUT2D eigenvalue weighted by atomic mass is 79.9. The molecule has 0 aliphatic carbocycles. The highest BCUT2D eigenvalue weighted by Gasteiger charge is 2.40. The van der Waals surface area contributed by atoms with E-state index in [1.54, 1.807) is 9.80 Å². The molecule has 0 saturated carbocycles. The fraction of sp³-hybridized carbons (Fsp3) is 0.467. The predicted octanol–water partition coefficient (Wildman–Crippen LogP) is 2.49. The number of rotatable bonds is 1. The number of carbonyl (C=O) groups is 2. The summed E-state index contributed by atoms with van der Waals surface area (Å²) in [5.74, 6) is 0.159. The minimum atomic E-state index is -0.266. The molecule has 2 aliphatic rings.